The molecular formula is C50H31NO2S. The molecule has 0 radical (unpaired) electrons. The molecule has 0 saturated heterocycles. The molecule has 2 aliphatic rings. The largest absolute Gasteiger partial charge is 0.457 e. The first-order valence-electron chi connectivity index (χ1n) is 18.4. The van der Waals surface area contributed by atoms with Gasteiger partial charge in [-0.1, -0.05) is 115 Å². The first-order valence-corrected chi connectivity index (χ1v) is 19.2. The van der Waals surface area contributed by atoms with Crippen molar-refractivity contribution in [1.82, 2.24) is 0 Å². The predicted molar refractivity (Wildman–Crippen MR) is 223 cm³/mol. The van der Waals surface area contributed by atoms with Gasteiger partial charge in [0.1, 0.15) is 17.1 Å². The molecule has 1 atom stereocenters. The maximum absolute atomic E-state index is 6.91. The summed E-state index contributed by atoms with van der Waals surface area (Å²) < 4.78 is 16.2. The average molecular weight is 710 g/mol. The Morgan fingerprint density at radius 1 is 0.481 bits per heavy atom. The van der Waals surface area contributed by atoms with Crippen LogP contribution in [0.1, 0.15) is 27.8 Å². The van der Waals surface area contributed by atoms with Crippen molar-refractivity contribution in [3.8, 4) is 22.6 Å². The van der Waals surface area contributed by atoms with Gasteiger partial charge in [0.15, 0.2) is 5.58 Å². The van der Waals surface area contributed by atoms with Crippen molar-refractivity contribution in [3.05, 3.63) is 198 Å². The van der Waals surface area contributed by atoms with Gasteiger partial charge in [0.2, 0.25) is 0 Å². The van der Waals surface area contributed by atoms with Crippen LogP contribution in [0.2, 0.25) is 0 Å². The van der Waals surface area contributed by atoms with Crippen LogP contribution in [0.4, 0.5) is 17.1 Å². The maximum Gasteiger partial charge on any atom is 0.159 e. The Bertz CT molecular complexity index is 3190. The molecule has 1 spiro atoms. The van der Waals surface area contributed by atoms with Crippen LogP contribution in [0.5, 0.6) is 11.5 Å². The molecule has 0 bridgehead atoms. The van der Waals surface area contributed by atoms with Gasteiger partial charge in [-0.25, -0.2) is 0 Å². The van der Waals surface area contributed by atoms with Crippen LogP contribution in [0.15, 0.2) is 174 Å². The van der Waals surface area contributed by atoms with E-state index in [1.165, 1.54) is 53.6 Å². The van der Waals surface area contributed by atoms with Crippen molar-refractivity contribution in [2.75, 3.05) is 4.90 Å². The smallest absolute Gasteiger partial charge is 0.159 e. The van der Waals surface area contributed by atoms with Gasteiger partial charge in [0, 0.05) is 53.4 Å². The Morgan fingerprint density at radius 3 is 2.13 bits per heavy atom. The third-order valence-electron chi connectivity index (χ3n) is 11.7. The van der Waals surface area contributed by atoms with E-state index in [1.807, 2.05) is 17.4 Å². The number of rotatable bonds is 3. The highest BCUT2D eigenvalue weighted by molar-refractivity contribution is 7.25. The van der Waals surface area contributed by atoms with Crippen molar-refractivity contribution in [3.63, 3.8) is 0 Å². The molecule has 1 aliphatic carbocycles. The highest BCUT2D eigenvalue weighted by Gasteiger charge is 2.51. The van der Waals surface area contributed by atoms with Gasteiger partial charge in [-0.15, -0.1) is 11.3 Å². The summed E-state index contributed by atoms with van der Waals surface area (Å²) in [5.41, 5.74) is 12.8. The summed E-state index contributed by atoms with van der Waals surface area (Å²) in [7, 11) is 0. The van der Waals surface area contributed by atoms with Crippen LogP contribution < -0.4 is 9.64 Å². The Hall–Kier alpha value is -6.62. The number of furan rings is 1. The lowest BCUT2D eigenvalue weighted by molar-refractivity contribution is 0.437. The summed E-state index contributed by atoms with van der Waals surface area (Å²) in [5, 5.41) is 4.71. The van der Waals surface area contributed by atoms with E-state index in [2.05, 4.69) is 176 Å². The maximum atomic E-state index is 6.91. The van der Waals surface area contributed by atoms with Crippen LogP contribution in [0.25, 0.3) is 53.2 Å². The van der Waals surface area contributed by atoms with Gasteiger partial charge in [-0.3, -0.25) is 0 Å². The van der Waals surface area contributed by atoms with Crippen LogP contribution in [-0.4, -0.2) is 0 Å². The molecule has 1 aliphatic heterocycles. The van der Waals surface area contributed by atoms with Gasteiger partial charge in [-0.2, -0.15) is 0 Å². The molecule has 3 nitrogen and oxygen atoms in total. The highest BCUT2D eigenvalue weighted by atomic mass is 32.1. The van der Waals surface area contributed by atoms with Crippen molar-refractivity contribution in [2.45, 2.75) is 12.3 Å². The number of anilines is 3. The van der Waals surface area contributed by atoms with Gasteiger partial charge in [0.05, 0.1) is 11.1 Å². The van der Waals surface area contributed by atoms with E-state index in [1.54, 1.807) is 0 Å². The number of ether oxygens (including phenoxy) is 1. The molecule has 12 rings (SSSR count). The minimum atomic E-state index is -0.612. The zero-order chi connectivity index (χ0) is 35.5. The molecule has 0 N–H and O–H groups in total. The van der Waals surface area contributed by atoms with Crippen LogP contribution in [-0.2, 0) is 5.41 Å². The Labute approximate surface area is 315 Å². The van der Waals surface area contributed by atoms with Crippen LogP contribution >= 0.6 is 11.3 Å². The van der Waals surface area contributed by atoms with E-state index < -0.39 is 5.41 Å². The number of hydrogen-bond acceptors (Lipinski definition) is 4. The number of aryl methyl sites for hydroxylation is 1. The summed E-state index contributed by atoms with van der Waals surface area (Å²) in [6, 6.07) is 61.5. The van der Waals surface area contributed by atoms with Crippen LogP contribution in [0, 0.1) is 6.92 Å². The SMILES string of the molecule is Cc1ccccc1N(c1ccc2c(c1)C1(c3ccccc3Oc3cc4c(cc31)sc1ccccc14)c1ccccc1-2)c1cccc2c1oc1ccccc12. The number of benzene rings is 8. The molecule has 3 heterocycles. The summed E-state index contributed by atoms with van der Waals surface area (Å²) in [4.78, 5) is 2.39. The molecule has 4 heteroatoms. The van der Waals surface area contributed by atoms with Gasteiger partial charge in [-0.05, 0) is 89.3 Å². The second-order valence-electron chi connectivity index (χ2n) is 14.4. The lowest BCUT2D eigenvalue weighted by Crippen LogP contribution is -2.32. The van der Waals surface area contributed by atoms with Crippen molar-refractivity contribution >= 4 is 70.5 Å². The van der Waals surface area contributed by atoms with Gasteiger partial charge >= 0.3 is 0 Å². The summed E-state index contributed by atoms with van der Waals surface area (Å²) >= 11 is 1.85. The predicted octanol–water partition coefficient (Wildman–Crippen LogP) is 14.2. The zero-order valence-corrected chi connectivity index (χ0v) is 30.2. The van der Waals surface area contributed by atoms with E-state index >= 15 is 0 Å². The van der Waals surface area contributed by atoms with E-state index in [0.717, 1.165) is 56.1 Å². The topological polar surface area (TPSA) is 25.6 Å². The summed E-state index contributed by atoms with van der Waals surface area (Å²) in [6.45, 7) is 2.19. The molecule has 10 aromatic rings. The van der Waals surface area contributed by atoms with Crippen molar-refractivity contribution in [1.29, 1.82) is 0 Å². The molecule has 2 aromatic heterocycles. The number of hydrogen-bond donors (Lipinski definition) is 0. The number of para-hydroxylation sites is 4. The fraction of sp³-hybridized carbons (Fsp3) is 0.0400. The molecular weight excluding hydrogens is 679 g/mol. The average Bonchev–Trinajstić information content (AvgIpc) is 3.87. The van der Waals surface area contributed by atoms with Gasteiger partial charge < -0.3 is 14.1 Å². The van der Waals surface area contributed by atoms with E-state index in [4.69, 9.17) is 9.15 Å². The number of nitrogens with zero attached hydrogens (tertiary/aromatic N) is 1. The molecule has 0 saturated carbocycles. The van der Waals surface area contributed by atoms with E-state index in [-0.39, 0.29) is 0 Å². The normalized spacial score (nSPS) is 15.4. The molecule has 254 valence electrons. The second kappa shape index (κ2) is 11.0. The summed E-state index contributed by atoms with van der Waals surface area (Å²) in [6.07, 6.45) is 0. The quantitative estimate of drug-likeness (QED) is 0.183. The Balaban J connectivity index is 1.18. The lowest BCUT2D eigenvalue weighted by Gasteiger charge is -2.40. The summed E-state index contributed by atoms with van der Waals surface area (Å²) in [5.74, 6) is 1.79. The van der Waals surface area contributed by atoms with E-state index in [0.29, 0.717) is 0 Å². The third kappa shape index (κ3) is 3.90. The molecule has 1 unspecified atom stereocenters. The number of fused-ring (bicyclic) bond motifs is 15. The fourth-order valence-corrected chi connectivity index (χ4v) is 10.5. The minimum Gasteiger partial charge on any atom is -0.457 e. The number of thiophene rings is 1. The zero-order valence-electron chi connectivity index (χ0n) is 29.3. The standard InChI is InChI=1S/C50H31NO2S/c1-30-13-2-8-20-42(30)51(43-21-12-17-36-34-15-4-9-22-44(34)53-49(36)43)31-25-26-33-32-14-3-6-18-38(32)50(40(33)27-31)39-19-7-10-23-45(39)52-46-28-37-35-16-5-11-24-47(35)54-48(37)29-41(46)50/h2-29H,1H3. The Kier molecular flexibility index (Phi) is 6.07. The van der Waals surface area contributed by atoms with Crippen molar-refractivity contribution in [2.24, 2.45) is 0 Å². The fourth-order valence-electron chi connectivity index (χ4n) is 9.38. The molecule has 0 amide bonds. The third-order valence-corrected chi connectivity index (χ3v) is 12.8. The minimum absolute atomic E-state index is 0.612. The highest BCUT2D eigenvalue weighted by Crippen LogP contribution is 2.63. The Morgan fingerprint density at radius 2 is 1.20 bits per heavy atom. The van der Waals surface area contributed by atoms with Gasteiger partial charge in [0.25, 0.3) is 0 Å². The molecule has 54 heavy (non-hydrogen) atoms. The van der Waals surface area contributed by atoms with Crippen molar-refractivity contribution < 1.29 is 9.15 Å². The molecule has 0 fully saturated rings. The van der Waals surface area contributed by atoms with Crippen LogP contribution in [0.3, 0.4) is 0 Å². The lowest BCUT2D eigenvalue weighted by atomic mass is 9.66. The second-order valence-corrected chi connectivity index (χ2v) is 15.5. The first-order chi connectivity index (χ1) is 26.7. The molecule has 8 aromatic carbocycles. The first kappa shape index (κ1) is 29.9. The monoisotopic (exact) mass is 709 g/mol. The van der Waals surface area contributed by atoms with E-state index in [9.17, 15) is 0 Å².